The first-order chi connectivity index (χ1) is 16.7. The normalized spacial score (nSPS) is 12.0. The summed E-state index contributed by atoms with van der Waals surface area (Å²) in [5, 5.41) is 9.15. The molecule has 6 nitrogen and oxygen atoms in total. The zero-order chi connectivity index (χ0) is 26.0. The number of carboxylic acid groups (broad SMARTS) is 1. The molecule has 35 heavy (non-hydrogen) atoms. The zero-order valence-electron chi connectivity index (χ0n) is 21.7. The topological polar surface area (TPSA) is 94.5 Å². The van der Waals surface area contributed by atoms with Gasteiger partial charge in [-0.3, -0.25) is 9.59 Å². The van der Waals surface area contributed by atoms with E-state index in [1.54, 1.807) is 6.07 Å². The molecule has 0 saturated carbocycles. The van der Waals surface area contributed by atoms with E-state index in [4.69, 9.17) is 15.6 Å². The molecule has 1 aromatic heterocycles. The number of primary amides is 1. The molecule has 0 spiro atoms. The van der Waals surface area contributed by atoms with E-state index in [0.29, 0.717) is 31.7 Å². The molecule has 1 amide bonds. The van der Waals surface area contributed by atoms with Crippen molar-refractivity contribution in [1.82, 2.24) is 4.57 Å². The number of carbonyl (C=O) groups excluding carboxylic acids is 1. The molecule has 0 aliphatic carbocycles. The van der Waals surface area contributed by atoms with Crippen LogP contribution >= 0.6 is 0 Å². The standard InChI is InChI=1S/C28H41FN2O4/c1-5-8-10-20(11-9-12-27(33)34)28-19(4)31(24(7-3)23(28)17-26(30)32)18-21-13-14-22(29)16-25(21)35-15-6-2/h13-14,16,20H,5-12,15,17-18H2,1-4H3,(H2,30,32)(H,33,34). The summed E-state index contributed by atoms with van der Waals surface area (Å²) >= 11 is 0. The van der Waals surface area contributed by atoms with Crippen molar-refractivity contribution in [3.63, 3.8) is 0 Å². The van der Waals surface area contributed by atoms with Crippen LogP contribution in [0.15, 0.2) is 18.2 Å². The third-order valence-electron chi connectivity index (χ3n) is 6.56. The number of carbonyl (C=O) groups is 2. The number of benzene rings is 1. The molecule has 1 heterocycles. The fourth-order valence-corrected chi connectivity index (χ4v) is 4.98. The Morgan fingerprint density at radius 2 is 1.86 bits per heavy atom. The molecule has 1 unspecified atom stereocenters. The van der Waals surface area contributed by atoms with Crippen molar-refractivity contribution in [2.75, 3.05) is 6.61 Å². The summed E-state index contributed by atoms with van der Waals surface area (Å²) in [7, 11) is 0. The summed E-state index contributed by atoms with van der Waals surface area (Å²) in [5.41, 5.74) is 10.7. The van der Waals surface area contributed by atoms with Crippen LogP contribution in [0.5, 0.6) is 5.75 Å². The maximum Gasteiger partial charge on any atom is 0.303 e. The molecule has 0 bridgehead atoms. The highest BCUT2D eigenvalue weighted by molar-refractivity contribution is 5.77. The van der Waals surface area contributed by atoms with Crippen molar-refractivity contribution in [2.24, 2.45) is 5.73 Å². The SMILES string of the molecule is CCCCC(CCCC(=O)O)c1c(CC(N)=O)c(CC)n(Cc2ccc(F)cc2OCCC)c1C. The molecule has 0 aliphatic rings. The van der Waals surface area contributed by atoms with Crippen LogP contribution in [0.25, 0.3) is 0 Å². The second-order valence-electron chi connectivity index (χ2n) is 9.23. The molecular weight excluding hydrogens is 447 g/mol. The van der Waals surface area contributed by atoms with Crippen LogP contribution in [0.2, 0.25) is 0 Å². The number of nitrogens with zero attached hydrogens (tertiary/aromatic N) is 1. The van der Waals surface area contributed by atoms with E-state index in [9.17, 15) is 14.0 Å². The number of halogens is 1. The van der Waals surface area contributed by atoms with Gasteiger partial charge in [0, 0.05) is 29.4 Å². The van der Waals surface area contributed by atoms with Crippen LogP contribution in [-0.4, -0.2) is 28.2 Å². The van der Waals surface area contributed by atoms with E-state index in [1.165, 1.54) is 12.1 Å². The van der Waals surface area contributed by atoms with Crippen LogP contribution in [0, 0.1) is 12.7 Å². The predicted octanol–water partition coefficient (Wildman–Crippen LogP) is 5.89. The van der Waals surface area contributed by atoms with E-state index in [2.05, 4.69) is 25.3 Å². The highest BCUT2D eigenvalue weighted by Crippen LogP contribution is 2.37. The smallest absolute Gasteiger partial charge is 0.303 e. The lowest BCUT2D eigenvalue weighted by Crippen LogP contribution is -2.17. The van der Waals surface area contributed by atoms with Crippen LogP contribution < -0.4 is 10.5 Å². The monoisotopic (exact) mass is 488 g/mol. The Morgan fingerprint density at radius 3 is 2.46 bits per heavy atom. The van der Waals surface area contributed by atoms with E-state index in [-0.39, 0.29) is 30.5 Å². The molecular formula is C28H41FN2O4. The lowest BCUT2D eigenvalue weighted by atomic mass is 9.85. The number of amides is 1. The van der Waals surface area contributed by atoms with Crippen LogP contribution in [0.3, 0.4) is 0 Å². The van der Waals surface area contributed by atoms with Crippen molar-refractivity contribution in [2.45, 2.75) is 97.9 Å². The summed E-state index contributed by atoms with van der Waals surface area (Å²) in [4.78, 5) is 23.2. The van der Waals surface area contributed by atoms with Gasteiger partial charge in [-0.2, -0.15) is 0 Å². The van der Waals surface area contributed by atoms with E-state index >= 15 is 0 Å². The Labute approximate surface area is 208 Å². The summed E-state index contributed by atoms with van der Waals surface area (Å²) in [5.74, 6) is -0.834. The quantitative estimate of drug-likeness (QED) is 0.308. The first kappa shape index (κ1) is 28.4. The number of rotatable bonds is 16. The first-order valence-electron chi connectivity index (χ1n) is 12.8. The summed E-state index contributed by atoms with van der Waals surface area (Å²) < 4.78 is 22.0. The summed E-state index contributed by atoms with van der Waals surface area (Å²) in [6.07, 6.45) is 6.12. The van der Waals surface area contributed by atoms with Gasteiger partial charge in [-0.15, -0.1) is 0 Å². The number of hydrogen-bond donors (Lipinski definition) is 2. The van der Waals surface area contributed by atoms with Gasteiger partial charge in [-0.1, -0.05) is 39.7 Å². The van der Waals surface area contributed by atoms with Gasteiger partial charge in [0.2, 0.25) is 5.91 Å². The average Bonchev–Trinajstić information content (AvgIpc) is 3.05. The van der Waals surface area contributed by atoms with Crippen molar-refractivity contribution in [3.8, 4) is 5.75 Å². The number of carboxylic acids is 1. The largest absolute Gasteiger partial charge is 0.493 e. The molecule has 0 radical (unpaired) electrons. The molecule has 2 aromatic rings. The van der Waals surface area contributed by atoms with Crippen molar-refractivity contribution in [1.29, 1.82) is 0 Å². The van der Waals surface area contributed by atoms with Crippen LogP contribution in [-0.2, 0) is 29.0 Å². The minimum atomic E-state index is -0.795. The molecule has 1 atom stereocenters. The second-order valence-corrected chi connectivity index (χ2v) is 9.23. The van der Waals surface area contributed by atoms with Gasteiger partial charge >= 0.3 is 5.97 Å². The minimum Gasteiger partial charge on any atom is -0.493 e. The lowest BCUT2D eigenvalue weighted by molar-refractivity contribution is -0.137. The Balaban J connectivity index is 2.59. The average molecular weight is 489 g/mol. The van der Waals surface area contributed by atoms with Gasteiger partial charge in [0.15, 0.2) is 0 Å². The first-order valence-corrected chi connectivity index (χ1v) is 12.8. The molecule has 0 aliphatic heterocycles. The van der Waals surface area contributed by atoms with E-state index < -0.39 is 5.97 Å². The number of aromatic nitrogens is 1. The van der Waals surface area contributed by atoms with Gasteiger partial charge in [0.25, 0.3) is 0 Å². The number of nitrogens with two attached hydrogens (primary N) is 1. The molecule has 0 saturated heterocycles. The zero-order valence-corrected chi connectivity index (χ0v) is 21.7. The van der Waals surface area contributed by atoms with Crippen LogP contribution in [0.4, 0.5) is 4.39 Å². The van der Waals surface area contributed by atoms with Crippen molar-refractivity contribution in [3.05, 3.63) is 52.1 Å². The summed E-state index contributed by atoms with van der Waals surface area (Å²) in [6, 6.07) is 4.63. The van der Waals surface area contributed by atoms with Gasteiger partial charge in [-0.25, -0.2) is 4.39 Å². The van der Waals surface area contributed by atoms with Gasteiger partial charge in [0.05, 0.1) is 19.6 Å². The molecule has 2 rings (SSSR count). The highest BCUT2D eigenvalue weighted by Gasteiger charge is 2.26. The highest BCUT2D eigenvalue weighted by atomic mass is 19.1. The number of aliphatic carboxylic acids is 1. The third-order valence-corrected chi connectivity index (χ3v) is 6.56. The van der Waals surface area contributed by atoms with Crippen molar-refractivity contribution < 1.29 is 23.8 Å². The Hall–Kier alpha value is -2.83. The van der Waals surface area contributed by atoms with E-state index in [0.717, 1.165) is 60.2 Å². The minimum absolute atomic E-state index is 0.127. The Bertz CT molecular complexity index is 999. The number of ether oxygens (including phenoxy) is 1. The molecule has 0 fully saturated rings. The van der Waals surface area contributed by atoms with Gasteiger partial charge in [0.1, 0.15) is 11.6 Å². The maximum absolute atomic E-state index is 14.0. The third kappa shape index (κ3) is 7.84. The molecule has 1 aromatic carbocycles. The predicted molar refractivity (Wildman–Crippen MR) is 136 cm³/mol. The Morgan fingerprint density at radius 1 is 1.14 bits per heavy atom. The molecule has 194 valence electrons. The van der Waals surface area contributed by atoms with E-state index in [1.807, 2.05) is 6.92 Å². The Kier molecular flexibility index (Phi) is 11.3. The lowest BCUT2D eigenvalue weighted by Gasteiger charge is -2.19. The number of hydrogen-bond acceptors (Lipinski definition) is 3. The number of unbranched alkanes of at least 4 members (excludes halogenated alkanes) is 1. The summed E-state index contributed by atoms with van der Waals surface area (Å²) in [6.45, 7) is 9.27. The fraction of sp³-hybridized carbons (Fsp3) is 0.571. The maximum atomic E-state index is 14.0. The van der Waals surface area contributed by atoms with Crippen molar-refractivity contribution >= 4 is 11.9 Å². The second kappa shape index (κ2) is 13.9. The van der Waals surface area contributed by atoms with Crippen LogP contribution in [0.1, 0.15) is 99.7 Å². The van der Waals surface area contributed by atoms with Gasteiger partial charge in [-0.05, 0) is 62.1 Å². The van der Waals surface area contributed by atoms with Gasteiger partial charge < -0.3 is 20.1 Å². The fourth-order valence-electron chi connectivity index (χ4n) is 4.98. The molecule has 3 N–H and O–H groups in total. The molecule has 7 heteroatoms.